The number of phenolic OH excluding ortho intramolecular Hbond substituents is 1. The third-order valence-corrected chi connectivity index (χ3v) is 6.73. The number of cyclic esters (lactones) is 1. The van der Waals surface area contributed by atoms with Crippen molar-refractivity contribution in [2.75, 3.05) is 18.0 Å². The van der Waals surface area contributed by atoms with Gasteiger partial charge in [-0.05, 0) is 75.4 Å². The van der Waals surface area contributed by atoms with Crippen LogP contribution in [0.2, 0.25) is 0 Å². The molecule has 3 rings (SSSR count). The van der Waals surface area contributed by atoms with Gasteiger partial charge in [0.25, 0.3) is 0 Å². The molecule has 180 valence electrons. The second kappa shape index (κ2) is 9.69. The molecule has 1 atom stereocenters. The molecule has 2 aromatic rings. The van der Waals surface area contributed by atoms with Gasteiger partial charge in [0.2, 0.25) is 0 Å². The summed E-state index contributed by atoms with van der Waals surface area (Å²) in [6.07, 6.45) is 0.581. The molecule has 33 heavy (non-hydrogen) atoms. The number of anilines is 1. The lowest BCUT2D eigenvalue weighted by Crippen LogP contribution is -2.49. The number of rotatable bonds is 9. The fourth-order valence-electron chi connectivity index (χ4n) is 4.33. The molecule has 1 heterocycles. The molecule has 0 fully saturated rings. The van der Waals surface area contributed by atoms with Crippen molar-refractivity contribution in [1.29, 1.82) is 0 Å². The summed E-state index contributed by atoms with van der Waals surface area (Å²) < 4.78 is 20.0. The molecule has 1 aliphatic heterocycles. The Labute approximate surface area is 195 Å². The molecule has 0 aliphatic carbocycles. The number of hydrogen-bond acceptors (Lipinski definition) is 5. The molecule has 3 N–H and O–H groups in total. The summed E-state index contributed by atoms with van der Waals surface area (Å²) in [6, 6.07) is 9.57. The standard InChI is InChI=1S/C26H35FN2O4/c1-6-26(7-2)20-10-9-19(27)15-21(20)29(24(32)33-26)13-12-25(4,5)28-16-23(31)18-8-11-22(30)17(3)14-18/h8-11,14-15,23,28,30-31H,6-7,12-13,16H2,1-5H3. The van der Waals surface area contributed by atoms with Crippen molar-refractivity contribution in [3.05, 3.63) is 58.9 Å². The molecule has 1 amide bonds. The van der Waals surface area contributed by atoms with E-state index in [0.717, 1.165) is 5.56 Å². The number of nitrogens with zero attached hydrogens (tertiary/aromatic N) is 1. The number of β-amino-alcohol motifs (C(OH)–C–C–N with tert-alkyl or cyclic N) is 1. The lowest BCUT2D eigenvalue weighted by molar-refractivity contribution is -0.00141. The zero-order chi connectivity index (χ0) is 24.4. The molecule has 2 aromatic carbocycles. The van der Waals surface area contributed by atoms with E-state index in [2.05, 4.69) is 5.32 Å². The predicted octanol–water partition coefficient (Wildman–Crippen LogP) is 5.30. The summed E-state index contributed by atoms with van der Waals surface area (Å²) in [5.74, 6) is -0.196. The summed E-state index contributed by atoms with van der Waals surface area (Å²) in [5.41, 5.74) is 1.66. The number of aromatic hydroxyl groups is 1. The molecule has 0 radical (unpaired) electrons. The zero-order valence-corrected chi connectivity index (χ0v) is 20.1. The monoisotopic (exact) mass is 458 g/mol. The molecule has 1 aliphatic rings. The van der Waals surface area contributed by atoms with Crippen molar-refractivity contribution in [3.8, 4) is 5.75 Å². The van der Waals surface area contributed by atoms with Gasteiger partial charge in [-0.2, -0.15) is 0 Å². The maximum atomic E-state index is 14.1. The van der Waals surface area contributed by atoms with E-state index in [0.29, 0.717) is 49.2 Å². The number of amides is 1. The van der Waals surface area contributed by atoms with Crippen LogP contribution < -0.4 is 10.2 Å². The average molecular weight is 459 g/mol. The van der Waals surface area contributed by atoms with Gasteiger partial charge in [-0.3, -0.25) is 4.90 Å². The lowest BCUT2D eigenvalue weighted by atomic mass is 9.85. The van der Waals surface area contributed by atoms with Crippen LogP contribution in [0, 0.1) is 12.7 Å². The van der Waals surface area contributed by atoms with Crippen LogP contribution in [-0.4, -0.2) is 34.9 Å². The molecule has 6 nitrogen and oxygen atoms in total. The Bertz CT molecular complexity index is 1000. The zero-order valence-electron chi connectivity index (χ0n) is 20.1. The lowest BCUT2D eigenvalue weighted by Gasteiger charge is -2.42. The summed E-state index contributed by atoms with van der Waals surface area (Å²) in [7, 11) is 0. The van der Waals surface area contributed by atoms with E-state index in [1.807, 2.05) is 27.7 Å². The highest BCUT2D eigenvalue weighted by Gasteiger charge is 2.43. The number of fused-ring (bicyclic) bond motifs is 1. The topological polar surface area (TPSA) is 82.0 Å². The third-order valence-electron chi connectivity index (χ3n) is 6.73. The molecule has 0 aromatic heterocycles. The van der Waals surface area contributed by atoms with Crippen LogP contribution in [0.5, 0.6) is 5.75 Å². The van der Waals surface area contributed by atoms with Crippen molar-refractivity contribution < 1.29 is 24.1 Å². The Hall–Kier alpha value is -2.64. The van der Waals surface area contributed by atoms with Crippen molar-refractivity contribution in [3.63, 3.8) is 0 Å². The fourth-order valence-corrected chi connectivity index (χ4v) is 4.33. The number of aryl methyl sites for hydroxylation is 1. The average Bonchev–Trinajstić information content (AvgIpc) is 2.78. The Balaban J connectivity index is 1.70. The second-order valence-corrected chi connectivity index (χ2v) is 9.46. The molecule has 0 saturated heterocycles. The smallest absolute Gasteiger partial charge is 0.415 e. The van der Waals surface area contributed by atoms with Gasteiger partial charge in [-0.25, -0.2) is 9.18 Å². The largest absolute Gasteiger partial charge is 0.508 e. The van der Waals surface area contributed by atoms with Gasteiger partial charge in [0.1, 0.15) is 17.2 Å². The van der Waals surface area contributed by atoms with E-state index in [1.54, 1.807) is 31.2 Å². The molecule has 7 heteroatoms. The van der Waals surface area contributed by atoms with Crippen molar-refractivity contribution in [2.24, 2.45) is 0 Å². The Kier molecular flexibility index (Phi) is 7.34. The highest BCUT2D eigenvalue weighted by atomic mass is 19.1. The first-order chi connectivity index (χ1) is 15.5. The van der Waals surface area contributed by atoms with Crippen LogP contribution in [0.25, 0.3) is 0 Å². The Morgan fingerprint density at radius 3 is 2.52 bits per heavy atom. The van der Waals surface area contributed by atoms with Crippen molar-refractivity contribution in [1.82, 2.24) is 5.32 Å². The summed E-state index contributed by atoms with van der Waals surface area (Å²) in [5, 5.41) is 23.6. The quantitative estimate of drug-likeness (QED) is 0.475. The fraction of sp³-hybridized carbons (Fsp3) is 0.500. The SMILES string of the molecule is CCC1(CC)OC(=O)N(CCC(C)(C)NCC(O)c2ccc(O)c(C)c2)c2cc(F)ccc21. The van der Waals surface area contributed by atoms with E-state index in [-0.39, 0.29) is 11.6 Å². The molecule has 1 unspecified atom stereocenters. The van der Waals surface area contributed by atoms with Crippen molar-refractivity contribution in [2.45, 2.75) is 71.1 Å². The number of aliphatic hydroxyl groups excluding tert-OH is 1. The van der Waals surface area contributed by atoms with Crippen LogP contribution in [-0.2, 0) is 10.3 Å². The minimum Gasteiger partial charge on any atom is -0.508 e. The first-order valence-corrected chi connectivity index (χ1v) is 11.5. The van der Waals surface area contributed by atoms with Crippen molar-refractivity contribution >= 4 is 11.8 Å². The van der Waals surface area contributed by atoms with Gasteiger partial charge >= 0.3 is 6.09 Å². The number of phenols is 1. The van der Waals surface area contributed by atoms with E-state index in [4.69, 9.17) is 4.74 Å². The Morgan fingerprint density at radius 1 is 1.18 bits per heavy atom. The van der Waals surface area contributed by atoms with Crippen LogP contribution in [0.15, 0.2) is 36.4 Å². The molecular weight excluding hydrogens is 423 g/mol. The van der Waals surface area contributed by atoms with Gasteiger partial charge in [0, 0.05) is 24.2 Å². The second-order valence-electron chi connectivity index (χ2n) is 9.46. The highest BCUT2D eigenvalue weighted by Crippen LogP contribution is 2.44. The maximum Gasteiger partial charge on any atom is 0.415 e. The molecular formula is C26H35FN2O4. The number of ether oxygens (including phenoxy) is 1. The highest BCUT2D eigenvalue weighted by molar-refractivity contribution is 5.91. The maximum absolute atomic E-state index is 14.1. The third kappa shape index (κ3) is 5.31. The minimum absolute atomic E-state index is 0.194. The van der Waals surface area contributed by atoms with Crippen LogP contribution in [0.4, 0.5) is 14.9 Å². The van der Waals surface area contributed by atoms with Crippen LogP contribution >= 0.6 is 0 Å². The number of aliphatic hydroxyl groups is 1. The number of hydrogen-bond donors (Lipinski definition) is 3. The number of halogens is 1. The number of carbonyl (C=O) groups excluding carboxylic acids is 1. The van der Waals surface area contributed by atoms with E-state index in [1.165, 1.54) is 17.0 Å². The minimum atomic E-state index is -0.743. The van der Waals surface area contributed by atoms with Gasteiger partial charge in [-0.1, -0.05) is 26.0 Å². The molecule has 0 spiro atoms. The van der Waals surface area contributed by atoms with Gasteiger partial charge < -0.3 is 20.3 Å². The van der Waals surface area contributed by atoms with Gasteiger partial charge in [-0.15, -0.1) is 0 Å². The number of benzene rings is 2. The summed E-state index contributed by atoms with van der Waals surface area (Å²) >= 11 is 0. The van der Waals surface area contributed by atoms with Crippen LogP contribution in [0.1, 0.15) is 69.8 Å². The molecule has 0 bridgehead atoms. The summed E-state index contributed by atoms with van der Waals surface area (Å²) in [6.45, 7) is 10.3. The van der Waals surface area contributed by atoms with Gasteiger partial charge in [0.05, 0.1) is 11.8 Å². The summed E-state index contributed by atoms with van der Waals surface area (Å²) in [4.78, 5) is 14.4. The predicted molar refractivity (Wildman–Crippen MR) is 127 cm³/mol. The molecule has 0 saturated carbocycles. The van der Waals surface area contributed by atoms with E-state index >= 15 is 0 Å². The van der Waals surface area contributed by atoms with Gasteiger partial charge in [0.15, 0.2) is 0 Å². The first-order valence-electron chi connectivity index (χ1n) is 11.5. The van der Waals surface area contributed by atoms with E-state index < -0.39 is 23.3 Å². The number of nitrogens with one attached hydrogen (secondary N) is 1. The Morgan fingerprint density at radius 2 is 1.88 bits per heavy atom. The normalized spacial score (nSPS) is 16.3. The van der Waals surface area contributed by atoms with E-state index in [9.17, 15) is 19.4 Å². The first kappa shape index (κ1) is 25.0. The number of carbonyl (C=O) groups is 1. The van der Waals surface area contributed by atoms with Crippen LogP contribution in [0.3, 0.4) is 0 Å².